The van der Waals surface area contributed by atoms with Crippen LogP contribution >= 0.6 is 0 Å². The van der Waals surface area contributed by atoms with E-state index in [-0.39, 0.29) is 23.7 Å². The van der Waals surface area contributed by atoms with E-state index in [2.05, 4.69) is 10.4 Å². The molecule has 2 aliphatic carbocycles. The lowest BCUT2D eigenvalue weighted by Gasteiger charge is -2.26. The van der Waals surface area contributed by atoms with Gasteiger partial charge in [0, 0.05) is 18.3 Å². The van der Waals surface area contributed by atoms with Crippen LogP contribution in [0.5, 0.6) is 0 Å². The first-order valence-corrected chi connectivity index (χ1v) is 8.73. The standard InChI is InChI=1S/C19H21N3O3/c23-18(16-13-6-7-14(8-13)17(16)19(24)25)20-9-12-10-21-22(11-12)15-4-2-1-3-5-15/h1-5,10-11,13-14,16-17H,6-9H2,(H,20,23)(H,24,25)/t13-,14+,16-,17+/m1/s1. The van der Waals surface area contributed by atoms with Gasteiger partial charge in [-0.05, 0) is 43.2 Å². The average molecular weight is 339 g/mol. The van der Waals surface area contributed by atoms with Gasteiger partial charge in [-0.15, -0.1) is 0 Å². The normalized spacial score (nSPS) is 27.4. The number of benzene rings is 1. The van der Waals surface area contributed by atoms with Gasteiger partial charge < -0.3 is 10.4 Å². The van der Waals surface area contributed by atoms with E-state index in [1.54, 1.807) is 10.9 Å². The first kappa shape index (κ1) is 15.9. The molecule has 0 radical (unpaired) electrons. The molecule has 4 atom stereocenters. The molecule has 1 aromatic carbocycles. The third-order valence-electron chi connectivity index (χ3n) is 5.63. The number of aliphatic carboxylic acids is 1. The zero-order valence-corrected chi connectivity index (χ0v) is 13.8. The maximum absolute atomic E-state index is 12.6. The molecular formula is C19H21N3O3. The molecule has 1 amide bonds. The lowest BCUT2D eigenvalue weighted by Crippen LogP contribution is -2.41. The monoisotopic (exact) mass is 339 g/mol. The van der Waals surface area contributed by atoms with Crippen molar-refractivity contribution < 1.29 is 14.7 Å². The highest BCUT2D eigenvalue weighted by Gasteiger charge is 2.53. The summed E-state index contributed by atoms with van der Waals surface area (Å²) in [4.78, 5) is 24.1. The van der Waals surface area contributed by atoms with Crippen molar-refractivity contribution >= 4 is 11.9 Å². The largest absolute Gasteiger partial charge is 0.481 e. The molecule has 25 heavy (non-hydrogen) atoms. The number of carbonyl (C=O) groups is 2. The highest BCUT2D eigenvalue weighted by molar-refractivity contribution is 5.86. The number of nitrogens with zero attached hydrogens (tertiary/aromatic N) is 2. The highest BCUT2D eigenvalue weighted by Crippen LogP contribution is 2.52. The van der Waals surface area contributed by atoms with Gasteiger partial charge in [-0.2, -0.15) is 5.10 Å². The number of hydrogen-bond donors (Lipinski definition) is 2. The summed E-state index contributed by atoms with van der Waals surface area (Å²) in [5.74, 6) is -1.49. The van der Waals surface area contributed by atoms with Crippen molar-refractivity contribution in [1.29, 1.82) is 0 Å². The summed E-state index contributed by atoms with van der Waals surface area (Å²) in [7, 11) is 0. The zero-order chi connectivity index (χ0) is 17.4. The number of carboxylic acid groups (broad SMARTS) is 1. The van der Waals surface area contributed by atoms with Crippen LogP contribution in [-0.2, 0) is 16.1 Å². The van der Waals surface area contributed by atoms with Gasteiger partial charge in [0.1, 0.15) is 0 Å². The van der Waals surface area contributed by atoms with E-state index in [0.717, 1.165) is 30.5 Å². The topological polar surface area (TPSA) is 84.2 Å². The molecule has 1 heterocycles. The van der Waals surface area contributed by atoms with Gasteiger partial charge in [-0.1, -0.05) is 18.2 Å². The SMILES string of the molecule is O=C(NCc1cnn(-c2ccccc2)c1)[C@@H]1[C@@H]2CC[C@@H](C2)[C@@H]1C(=O)O. The van der Waals surface area contributed by atoms with E-state index >= 15 is 0 Å². The van der Waals surface area contributed by atoms with Crippen molar-refractivity contribution in [1.82, 2.24) is 15.1 Å². The second-order valence-electron chi connectivity index (χ2n) is 7.07. The van der Waals surface area contributed by atoms with Crippen LogP contribution in [-0.4, -0.2) is 26.8 Å². The first-order valence-electron chi connectivity index (χ1n) is 8.73. The Kier molecular flexibility index (Phi) is 4.03. The van der Waals surface area contributed by atoms with Gasteiger partial charge in [-0.25, -0.2) is 4.68 Å². The van der Waals surface area contributed by atoms with Crippen LogP contribution in [0.3, 0.4) is 0 Å². The lowest BCUT2D eigenvalue weighted by molar-refractivity contribution is -0.149. The average Bonchev–Trinajstić information content (AvgIpc) is 3.35. The van der Waals surface area contributed by atoms with Gasteiger partial charge in [-0.3, -0.25) is 9.59 Å². The second kappa shape index (κ2) is 6.35. The Morgan fingerprint density at radius 2 is 1.88 bits per heavy atom. The first-order chi connectivity index (χ1) is 12.1. The van der Waals surface area contributed by atoms with Gasteiger partial charge in [0.15, 0.2) is 0 Å². The molecule has 2 saturated carbocycles. The summed E-state index contributed by atoms with van der Waals surface area (Å²) in [6.45, 7) is 0.367. The van der Waals surface area contributed by atoms with Crippen molar-refractivity contribution in [2.24, 2.45) is 23.7 Å². The molecule has 2 N–H and O–H groups in total. The van der Waals surface area contributed by atoms with E-state index < -0.39 is 11.9 Å². The molecule has 130 valence electrons. The van der Waals surface area contributed by atoms with E-state index in [4.69, 9.17) is 0 Å². The molecule has 0 saturated heterocycles. The Hall–Kier alpha value is -2.63. The Morgan fingerprint density at radius 1 is 1.16 bits per heavy atom. The van der Waals surface area contributed by atoms with E-state index in [1.165, 1.54) is 0 Å². The van der Waals surface area contributed by atoms with Crippen molar-refractivity contribution in [2.45, 2.75) is 25.8 Å². The third kappa shape index (κ3) is 2.92. The molecule has 6 nitrogen and oxygen atoms in total. The Labute approximate surface area is 145 Å². The smallest absolute Gasteiger partial charge is 0.307 e. The number of nitrogens with one attached hydrogen (secondary N) is 1. The van der Waals surface area contributed by atoms with Crippen LogP contribution in [0.2, 0.25) is 0 Å². The fourth-order valence-electron chi connectivity index (χ4n) is 4.50. The number of rotatable bonds is 5. The van der Waals surface area contributed by atoms with Gasteiger partial charge >= 0.3 is 5.97 Å². The van der Waals surface area contributed by atoms with Crippen LogP contribution < -0.4 is 5.32 Å². The third-order valence-corrected chi connectivity index (χ3v) is 5.63. The van der Waals surface area contributed by atoms with Crippen LogP contribution in [0.1, 0.15) is 24.8 Å². The number of amides is 1. The molecule has 0 unspecified atom stereocenters. The van der Waals surface area contributed by atoms with Gasteiger partial charge in [0.2, 0.25) is 5.91 Å². The maximum Gasteiger partial charge on any atom is 0.307 e. The second-order valence-corrected chi connectivity index (χ2v) is 7.07. The van der Waals surface area contributed by atoms with E-state index in [0.29, 0.717) is 6.54 Å². The minimum absolute atomic E-state index is 0.132. The lowest BCUT2D eigenvalue weighted by atomic mass is 9.78. The number of aromatic nitrogens is 2. The zero-order valence-electron chi connectivity index (χ0n) is 13.8. The minimum Gasteiger partial charge on any atom is -0.481 e. The van der Waals surface area contributed by atoms with Crippen molar-refractivity contribution in [3.8, 4) is 5.69 Å². The van der Waals surface area contributed by atoms with Gasteiger partial charge in [0.05, 0.1) is 23.7 Å². The summed E-state index contributed by atoms with van der Waals surface area (Å²) in [5, 5.41) is 16.7. The minimum atomic E-state index is -0.829. The number of carboxylic acids is 1. The summed E-state index contributed by atoms with van der Waals surface area (Å²) >= 11 is 0. The van der Waals surface area contributed by atoms with Crippen molar-refractivity contribution in [3.05, 3.63) is 48.3 Å². The van der Waals surface area contributed by atoms with Crippen LogP contribution in [0, 0.1) is 23.7 Å². The maximum atomic E-state index is 12.6. The highest BCUT2D eigenvalue weighted by atomic mass is 16.4. The Balaban J connectivity index is 1.41. The van der Waals surface area contributed by atoms with E-state index in [9.17, 15) is 14.7 Å². The Bertz CT molecular complexity index is 786. The van der Waals surface area contributed by atoms with Crippen LogP contribution in [0.15, 0.2) is 42.7 Å². The molecule has 1 aromatic heterocycles. The predicted octanol–water partition coefficient (Wildman–Crippen LogP) is 2.24. The molecule has 2 aromatic rings. The van der Waals surface area contributed by atoms with E-state index in [1.807, 2.05) is 36.5 Å². The molecule has 2 bridgehead atoms. The summed E-state index contributed by atoms with van der Waals surface area (Å²) in [6, 6.07) is 9.76. The fraction of sp³-hybridized carbons (Fsp3) is 0.421. The van der Waals surface area contributed by atoms with Crippen LogP contribution in [0.25, 0.3) is 5.69 Å². The van der Waals surface area contributed by atoms with Crippen molar-refractivity contribution in [3.63, 3.8) is 0 Å². The molecule has 4 rings (SSSR count). The summed E-state index contributed by atoms with van der Waals surface area (Å²) in [6.07, 6.45) is 6.39. The molecular weight excluding hydrogens is 318 g/mol. The molecule has 6 heteroatoms. The fourth-order valence-corrected chi connectivity index (χ4v) is 4.50. The van der Waals surface area contributed by atoms with Crippen molar-refractivity contribution in [2.75, 3.05) is 0 Å². The predicted molar refractivity (Wildman–Crippen MR) is 90.9 cm³/mol. The number of para-hydroxylation sites is 1. The molecule has 2 fully saturated rings. The molecule has 0 spiro atoms. The summed E-state index contributed by atoms with van der Waals surface area (Å²) in [5.41, 5.74) is 1.85. The Morgan fingerprint density at radius 3 is 2.60 bits per heavy atom. The number of carbonyl (C=O) groups excluding carboxylic acids is 1. The van der Waals surface area contributed by atoms with Crippen LogP contribution in [0.4, 0.5) is 0 Å². The molecule has 2 aliphatic rings. The quantitative estimate of drug-likeness (QED) is 0.875. The summed E-state index contributed by atoms with van der Waals surface area (Å²) < 4.78 is 1.76. The number of hydrogen-bond acceptors (Lipinski definition) is 3. The van der Waals surface area contributed by atoms with Gasteiger partial charge in [0.25, 0.3) is 0 Å². The number of fused-ring (bicyclic) bond motifs is 2. The molecule has 0 aliphatic heterocycles.